The second kappa shape index (κ2) is 6.80. The lowest BCUT2D eigenvalue weighted by molar-refractivity contribution is 0.0627. The number of nitrogens with zero attached hydrogens (tertiary/aromatic N) is 5. The summed E-state index contributed by atoms with van der Waals surface area (Å²) < 4.78 is 1.83. The summed E-state index contributed by atoms with van der Waals surface area (Å²) in [7, 11) is 0. The van der Waals surface area contributed by atoms with Crippen LogP contribution in [0.2, 0.25) is 0 Å². The molecule has 0 radical (unpaired) electrons. The molecular weight excluding hydrogens is 310 g/mol. The molecule has 7 heteroatoms. The van der Waals surface area contributed by atoms with Gasteiger partial charge in [0.15, 0.2) is 0 Å². The van der Waals surface area contributed by atoms with Crippen LogP contribution in [0.5, 0.6) is 0 Å². The van der Waals surface area contributed by atoms with Crippen molar-refractivity contribution in [3.05, 3.63) is 34.0 Å². The summed E-state index contributed by atoms with van der Waals surface area (Å²) in [6.07, 6.45) is 3.52. The highest BCUT2D eigenvalue weighted by atomic mass is 32.1. The Morgan fingerprint density at radius 1 is 1.30 bits per heavy atom. The van der Waals surface area contributed by atoms with Crippen LogP contribution in [-0.2, 0) is 6.54 Å². The first-order valence-corrected chi connectivity index (χ1v) is 8.87. The van der Waals surface area contributed by atoms with Gasteiger partial charge in [-0.15, -0.1) is 11.3 Å². The van der Waals surface area contributed by atoms with Crippen molar-refractivity contribution in [3.63, 3.8) is 0 Å². The smallest absolute Gasteiger partial charge is 0.257 e. The molecule has 2 aromatic rings. The first-order valence-electron chi connectivity index (χ1n) is 7.99. The number of hydrogen-bond acceptors (Lipinski definition) is 5. The number of aryl methyl sites for hydroxylation is 1. The van der Waals surface area contributed by atoms with E-state index in [-0.39, 0.29) is 11.9 Å². The van der Waals surface area contributed by atoms with Crippen molar-refractivity contribution in [3.8, 4) is 0 Å². The Bertz CT molecular complexity index is 670. The summed E-state index contributed by atoms with van der Waals surface area (Å²) in [6.45, 7) is 10.3. The zero-order valence-corrected chi connectivity index (χ0v) is 14.7. The van der Waals surface area contributed by atoms with Crippen LogP contribution in [0.3, 0.4) is 0 Å². The minimum absolute atomic E-state index is 0.0843. The maximum Gasteiger partial charge on any atom is 0.257 e. The molecule has 1 saturated heterocycles. The van der Waals surface area contributed by atoms with Gasteiger partial charge in [0.2, 0.25) is 0 Å². The van der Waals surface area contributed by atoms with Gasteiger partial charge in [0.25, 0.3) is 5.91 Å². The summed E-state index contributed by atoms with van der Waals surface area (Å²) in [5.41, 5.74) is 1.81. The van der Waals surface area contributed by atoms with E-state index < -0.39 is 0 Å². The van der Waals surface area contributed by atoms with Crippen molar-refractivity contribution in [2.24, 2.45) is 0 Å². The largest absolute Gasteiger partial charge is 0.336 e. The van der Waals surface area contributed by atoms with Crippen LogP contribution in [0.4, 0.5) is 0 Å². The standard InChI is InChI=1S/C16H23N5OS/c1-12(2)21-9-14(8-17-21)16(22)20-6-4-19(5-7-20)10-15-11-23-13(3)18-15/h8-9,11-12H,4-7,10H2,1-3H3. The summed E-state index contributed by atoms with van der Waals surface area (Å²) in [5.74, 6) is 0.0843. The van der Waals surface area contributed by atoms with Gasteiger partial charge in [-0.25, -0.2) is 4.98 Å². The van der Waals surface area contributed by atoms with E-state index in [1.165, 1.54) is 0 Å². The zero-order valence-electron chi connectivity index (χ0n) is 13.9. The van der Waals surface area contributed by atoms with E-state index in [4.69, 9.17) is 0 Å². The monoisotopic (exact) mass is 333 g/mol. The molecule has 124 valence electrons. The molecule has 0 aromatic carbocycles. The van der Waals surface area contributed by atoms with Crippen LogP contribution in [0.1, 0.15) is 40.9 Å². The molecule has 0 saturated carbocycles. The van der Waals surface area contributed by atoms with Crippen molar-refractivity contribution in [2.75, 3.05) is 26.2 Å². The number of carbonyl (C=O) groups excluding carboxylic acids is 1. The Morgan fingerprint density at radius 3 is 2.61 bits per heavy atom. The topological polar surface area (TPSA) is 54.3 Å². The van der Waals surface area contributed by atoms with E-state index in [1.807, 2.05) is 22.7 Å². The van der Waals surface area contributed by atoms with Crippen LogP contribution in [-0.4, -0.2) is 56.7 Å². The molecule has 1 aliphatic rings. The highest BCUT2D eigenvalue weighted by molar-refractivity contribution is 7.09. The van der Waals surface area contributed by atoms with Crippen molar-refractivity contribution in [1.82, 2.24) is 24.6 Å². The first-order chi connectivity index (χ1) is 11.0. The number of rotatable bonds is 4. The SMILES string of the molecule is Cc1nc(CN2CCN(C(=O)c3cnn(C(C)C)c3)CC2)cs1. The average Bonchev–Trinajstić information content (AvgIpc) is 3.17. The Labute approximate surface area is 140 Å². The van der Waals surface area contributed by atoms with Gasteiger partial charge in [0.1, 0.15) is 0 Å². The van der Waals surface area contributed by atoms with Crippen molar-refractivity contribution in [2.45, 2.75) is 33.4 Å². The lowest BCUT2D eigenvalue weighted by Gasteiger charge is -2.34. The third-order valence-electron chi connectivity index (χ3n) is 4.09. The quantitative estimate of drug-likeness (QED) is 0.861. The van der Waals surface area contributed by atoms with Gasteiger partial charge in [-0.05, 0) is 20.8 Å². The molecule has 23 heavy (non-hydrogen) atoms. The normalized spacial score (nSPS) is 16.3. The Kier molecular flexibility index (Phi) is 4.77. The number of carbonyl (C=O) groups is 1. The number of thiazole rings is 1. The van der Waals surface area contributed by atoms with E-state index in [0.717, 1.165) is 43.4 Å². The molecule has 0 spiro atoms. The van der Waals surface area contributed by atoms with E-state index >= 15 is 0 Å². The van der Waals surface area contributed by atoms with Crippen LogP contribution in [0.15, 0.2) is 17.8 Å². The maximum absolute atomic E-state index is 12.5. The number of piperazine rings is 1. The molecule has 6 nitrogen and oxygen atoms in total. The predicted octanol–water partition coefficient (Wildman–Crippen LogP) is 2.19. The minimum Gasteiger partial charge on any atom is -0.336 e. The van der Waals surface area contributed by atoms with Crippen molar-refractivity contribution < 1.29 is 4.79 Å². The summed E-state index contributed by atoms with van der Waals surface area (Å²) in [5, 5.41) is 7.48. The number of amides is 1. The molecular formula is C16H23N5OS. The van der Waals surface area contributed by atoms with E-state index in [9.17, 15) is 4.79 Å². The van der Waals surface area contributed by atoms with Crippen LogP contribution in [0, 0.1) is 6.92 Å². The molecule has 1 aliphatic heterocycles. The summed E-state index contributed by atoms with van der Waals surface area (Å²) in [6, 6.07) is 0.273. The van der Waals surface area contributed by atoms with Crippen LogP contribution in [0.25, 0.3) is 0 Å². The molecule has 1 amide bonds. The highest BCUT2D eigenvalue weighted by Gasteiger charge is 2.23. The molecule has 0 unspecified atom stereocenters. The lowest BCUT2D eigenvalue weighted by atomic mass is 10.2. The molecule has 3 rings (SSSR count). The fraction of sp³-hybridized carbons (Fsp3) is 0.562. The molecule has 0 aliphatic carbocycles. The third-order valence-corrected chi connectivity index (χ3v) is 4.91. The van der Waals surface area contributed by atoms with E-state index in [2.05, 4.69) is 34.2 Å². The van der Waals surface area contributed by atoms with E-state index in [0.29, 0.717) is 5.56 Å². The van der Waals surface area contributed by atoms with Crippen molar-refractivity contribution >= 4 is 17.2 Å². The second-order valence-corrected chi connectivity index (χ2v) is 7.29. The average molecular weight is 333 g/mol. The summed E-state index contributed by atoms with van der Waals surface area (Å²) in [4.78, 5) is 21.3. The predicted molar refractivity (Wildman–Crippen MR) is 90.6 cm³/mol. The first kappa shape index (κ1) is 16.1. The molecule has 0 bridgehead atoms. The maximum atomic E-state index is 12.5. The number of hydrogen-bond donors (Lipinski definition) is 0. The van der Waals surface area contributed by atoms with E-state index in [1.54, 1.807) is 17.5 Å². The Hall–Kier alpha value is -1.73. The number of aromatic nitrogens is 3. The minimum atomic E-state index is 0.0843. The molecule has 3 heterocycles. The molecule has 0 N–H and O–H groups in total. The van der Waals surface area contributed by atoms with Crippen molar-refractivity contribution in [1.29, 1.82) is 0 Å². The molecule has 1 fully saturated rings. The molecule has 2 aromatic heterocycles. The Balaban J connectivity index is 1.54. The highest BCUT2D eigenvalue weighted by Crippen LogP contribution is 2.14. The fourth-order valence-electron chi connectivity index (χ4n) is 2.73. The lowest BCUT2D eigenvalue weighted by Crippen LogP contribution is -2.48. The van der Waals surface area contributed by atoms with Gasteiger partial charge in [-0.1, -0.05) is 0 Å². The van der Waals surface area contributed by atoms with Gasteiger partial charge in [-0.2, -0.15) is 5.10 Å². The second-order valence-electron chi connectivity index (χ2n) is 6.23. The van der Waals surface area contributed by atoms with Gasteiger partial charge >= 0.3 is 0 Å². The zero-order chi connectivity index (χ0) is 16.4. The molecule has 0 atom stereocenters. The van der Waals surface area contributed by atoms with Gasteiger partial charge in [-0.3, -0.25) is 14.4 Å². The van der Waals surface area contributed by atoms with Gasteiger partial charge in [0, 0.05) is 50.3 Å². The van der Waals surface area contributed by atoms with Crippen LogP contribution < -0.4 is 0 Å². The third kappa shape index (κ3) is 3.79. The van der Waals surface area contributed by atoms with Gasteiger partial charge < -0.3 is 4.90 Å². The van der Waals surface area contributed by atoms with Gasteiger partial charge in [0.05, 0.1) is 22.5 Å². The van der Waals surface area contributed by atoms with Crippen LogP contribution >= 0.6 is 11.3 Å². The Morgan fingerprint density at radius 2 is 2.04 bits per heavy atom. The summed E-state index contributed by atoms with van der Waals surface area (Å²) >= 11 is 1.69. The fourth-order valence-corrected chi connectivity index (χ4v) is 3.34.